The molecule has 0 unspecified atom stereocenters. The van der Waals surface area contributed by atoms with Gasteiger partial charge in [0.25, 0.3) is 0 Å². The lowest BCUT2D eigenvalue weighted by molar-refractivity contribution is -0.127. The first-order chi connectivity index (χ1) is 8.00. The molecule has 0 saturated heterocycles. The van der Waals surface area contributed by atoms with Crippen molar-refractivity contribution in [1.82, 2.24) is 5.32 Å². The Bertz CT molecular complexity index is 273. The van der Waals surface area contributed by atoms with Crippen LogP contribution in [0.15, 0.2) is 0 Å². The van der Waals surface area contributed by atoms with Gasteiger partial charge in [-0.15, -0.1) is 0 Å². The maximum Gasteiger partial charge on any atom is 0.239 e. The van der Waals surface area contributed by atoms with E-state index in [-0.39, 0.29) is 5.91 Å². The molecule has 0 bridgehead atoms. The highest BCUT2D eigenvalue weighted by Gasteiger charge is 2.23. The van der Waals surface area contributed by atoms with Crippen LogP contribution >= 0.6 is 0 Å². The van der Waals surface area contributed by atoms with Crippen molar-refractivity contribution in [1.29, 1.82) is 0 Å². The van der Waals surface area contributed by atoms with Crippen molar-refractivity contribution in [3.05, 3.63) is 0 Å². The van der Waals surface area contributed by atoms with E-state index in [1.807, 2.05) is 0 Å². The van der Waals surface area contributed by atoms with E-state index in [9.17, 15) is 9.59 Å². The predicted octanol–water partition coefficient (Wildman–Crippen LogP) is 1.58. The minimum atomic E-state index is -0.568. The van der Waals surface area contributed by atoms with Gasteiger partial charge >= 0.3 is 0 Å². The average molecular weight is 240 g/mol. The number of rotatable bonds is 5. The molecule has 17 heavy (non-hydrogen) atoms. The topological polar surface area (TPSA) is 72.2 Å². The SMILES string of the molecule is C[C@H](NC(=O)C[C@H](C)C1CCCCC1)C(N)=O. The molecule has 98 valence electrons. The van der Waals surface area contributed by atoms with Gasteiger partial charge in [-0.1, -0.05) is 39.0 Å². The van der Waals surface area contributed by atoms with E-state index < -0.39 is 11.9 Å². The highest BCUT2D eigenvalue weighted by atomic mass is 16.2. The summed E-state index contributed by atoms with van der Waals surface area (Å²) in [6.45, 7) is 3.75. The van der Waals surface area contributed by atoms with E-state index in [1.165, 1.54) is 32.1 Å². The number of nitrogens with two attached hydrogens (primary N) is 1. The molecule has 1 fully saturated rings. The normalized spacial score (nSPS) is 20.6. The quantitative estimate of drug-likeness (QED) is 0.766. The third-order valence-corrected chi connectivity index (χ3v) is 3.77. The Morgan fingerprint density at radius 3 is 2.35 bits per heavy atom. The van der Waals surface area contributed by atoms with Crippen LogP contribution in [0.2, 0.25) is 0 Å². The van der Waals surface area contributed by atoms with Crippen LogP contribution in [0.5, 0.6) is 0 Å². The lowest BCUT2D eigenvalue weighted by atomic mass is 9.79. The molecule has 3 N–H and O–H groups in total. The maximum absolute atomic E-state index is 11.7. The van der Waals surface area contributed by atoms with Crippen molar-refractivity contribution < 1.29 is 9.59 Å². The highest BCUT2D eigenvalue weighted by molar-refractivity contribution is 5.86. The molecule has 0 radical (unpaired) electrons. The molecule has 0 spiro atoms. The van der Waals surface area contributed by atoms with Gasteiger partial charge in [0.15, 0.2) is 0 Å². The van der Waals surface area contributed by atoms with Crippen LogP contribution < -0.4 is 11.1 Å². The summed E-state index contributed by atoms with van der Waals surface area (Å²) >= 11 is 0. The van der Waals surface area contributed by atoms with Crippen LogP contribution in [0, 0.1) is 11.8 Å². The second-order valence-corrected chi connectivity index (χ2v) is 5.27. The van der Waals surface area contributed by atoms with Gasteiger partial charge in [-0.05, 0) is 18.8 Å². The van der Waals surface area contributed by atoms with Gasteiger partial charge in [-0.3, -0.25) is 9.59 Å². The van der Waals surface area contributed by atoms with Crippen LogP contribution in [0.1, 0.15) is 52.4 Å². The lowest BCUT2D eigenvalue weighted by Crippen LogP contribution is -2.42. The van der Waals surface area contributed by atoms with Gasteiger partial charge in [0, 0.05) is 6.42 Å². The molecule has 0 aliphatic heterocycles. The molecule has 1 aliphatic carbocycles. The molecule has 0 aromatic carbocycles. The fraction of sp³-hybridized carbons (Fsp3) is 0.846. The first kappa shape index (κ1) is 14.0. The molecule has 2 atom stereocenters. The van der Waals surface area contributed by atoms with Crippen LogP contribution in [-0.2, 0) is 9.59 Å². The Morgan fingerprint density at radius 2 is 1.82 bits per heavy atom. The molecule has 0 aromatic heterocycles. The largest absolute Gasteiger partial charge is 0.368 e. The molecule has 1 saturated carbocycles. The van der Waals surface area contributed by atoms with E-state index in [4.69, 9.17) is 5.73 Å². The summed E-state index contributed by atoms with van der Waals surface area (Å²) in [4.78, 5) is 22.5. The van der Waals surface area contributed by atoms with Gasteiger partial charge in [-0.2, -0.15) is 0 Å². The van der Waals surface area contributed by atoms with Gasteiger partial charge < -0.3 is 11.1 Å². The number of nitrogens with one attached hydrogen (secondary N) is 1. The molecule has 1 rings (SSSR count). The zero-order valence-corrected chi connectivity index (χ0v) is 10.9. The molecule has 0 heterocycles. The van der Waals surface area contributed by atoms with Crippen molar-refractivity contribution in [3.63, 3.8) is 0 Å². The monoisotopic (exact) mass is 240 g/mol. The Hall–Kier alpha value is -1.06. The van der Waals surface area contributed by atoms with Crippen LogP contribution in [0.3, 0.4) is 0 Å². The second-order valence-electron chi connectivity index (χ2n) is 5.27. The first-order valence-corrected chi connectivity index (χ1v) is 6.59. The first-order valence-electron chi connectivity index (χ1n) is 6.59. The predicted molar refractivity (Wildman–Crippen MR) is 67.2 cm³/mol. The number of hydrogen-bond donors (Lipinski definition) is 2. The van der Waals surface area contributed by atoms with Crippen molar-refractivity contribution in [2.24, 2.45) is 17.6 Å². The summed E-state index contributed by atoms with van der Waals surface area (Å²) in [5, 5.41) is 2.64. The van der Waals surface area contributed by atoms with E-state index in [1.54, 1.807) is 6.92 Å². The maximum atomic E-state index is 11.7. The fourth-order valence-electron chi connectivity index (χ4n) is 2.53. The van der Waals surface area contributed by atoms with E-state index >= 15 is 0 Å². The molecule has 4 heteroatoms. The highest BCUT2D eigenvalue weighted by Crippen LogP contribution is 2.31. The summed E-state index contributed by atoms with van der Waals surface area (Å²) in [5.41, 5.74) is 5.10. The van der Waals surface area contributed by atoms with Gasteiger partial charge in [0.2, 0.25) is 11.8 Å². The lowest BCUT2D eigenvalue weighted by Gasteiger charge is -2.27. The van der Waals surface area contributed by atoms with E-state index in [2.05, 4.69) is 12.2 Å². The van der Waals surface area contributed by atoms with Gasteiger partial charge in [0.05, 0.1) is 0 Å². The van der Waals surface area contributed by atoms with Crippen molar-refractivity contribution in [2.75, 3.05) is 0 Å². The van der Waals surface area contributed by atoms with E-state index in [0.29, 0.717) is 18.3 Å². The third kappa shape index (κ3) is 4.75. The van der Waals surface area contributed by atoms with Gasteiger partial charge in [-0.25, -0.2) is 0 Å². The standard InChI is InChI=1S/C13H24N2O2/c1-9(11-6-4-3-5-7-11)8-12(16)15-10(2)13(14)17/h9-11H,3-8H2,1-2H3,(H2,14,17)(H,15,16)/t9-,10-/m0/s1. The zero-order valence-electron chi connectivity index (χ0n) is 10.9. The smallest absolute Gasteiger partial charge is 0.239 e. The molecular formula is C13H24N2O2. The van der Waals surface area contributed by atoms with Crippen LogP contribution in [0.4, 0.5) is 0 Å². The van der Waals surface area contributed by atoms with E-state index in [0.717, 1.165) is 0 Å². The fourth-order valence-corrected chi connectivity index (χ4v) is 2.53. The minimum Gasteiger partial charge on any atom is -0.368 e. The Morgan fingerprint density at radius 1 is 1.24 bits per heavy atom. The number of amides is 2. The van der Waals surface area contributed by atoms with Crippen LogP contribution in [-0.4, -0.2) is 17.9 Å². The average Bonchev–Trinajstić information content (AvgIpc) is 2.29. The molecule has 2 amide bonds. The van der Waals surface area contributed by atoms with Gasteiger partial charge in [0.1, 0.15) is 6.04 Å². The Kier molecular flexibility index (Phi) is 5.45. The van der Waals surface area contributed by atoms with Crippen LogP contribution in [0.25, 0.3) is 0 Å². The number of primary amides is 1. The third-order valence-electron chi connectivity index (χ3n) is 3.77. The molecule has 0 aromatic rings. The van der Waals surface area contributed by atoms with Crippen molar-refractivity contribution >= 4 is 11.8 Å². The van der Waals surface area contributed by atoms with Crippen molar-refractivity contribution in [2.45, 2.75) is 58.4 Å². The molecule has 4 nitrogen and oxygen atoms in total. The summed E-state index contributed by atoms with van der Waals surface area (Å²) in [6.07, 6.45) is 6.87. The summed E-state index contributed by atoms with van der Waals surface area (Å²) in [6, 6.07) is -0.568. The zero-order chi connectivity index (χ0) is 12.8. The minimum absolute atomic E-state index is 0.0608. The molecule has 1 aliphatic rings. The number of carbonyl (C=O) groups is 2. The summed E-state index contributed by atoms with van der Waals surface area (Å²) in [7, 11) is 0. The number of hydrogen-bond acceptors (Lipinski definition) is 2. The Balaban J connectivity index is 2.31. The second kappa shape index (κ2) is 6.62. The summed E-state index contributed by atoms with van der Waals surface area (Å²) < 4.78 is 0. The summed E-state index contributed by atoms with van der Waals surface area (Å²) in [5.74, 6) is 0.520. The molecular weight excluding hydrogens is 216 g/mol. The Labute approximate surface area is 103 Å². The number of carbonyl (C=O) groups excluding carboxylic acids is 2. The van der Waals surface area contributed by atoms with Crippen molar-refractivity contribution in [3.8, 4) is 0 Å².